The van der Waals surface area contributed by atoms with Gasteiger partial charge in [0.2, 0.25) is 10.0 Å². The fourth-order valence-corrected chi connectivity index (χ4v) is 4.46. The van der Waals surface area contributed by atoms with E-state index in [1.165, 1.54) is 24.3 Å². The normalized spacial score (nSPS) is 18.3. The van der Waals surface area contributed by atoms with E-state index in [1.807, 2.05) is 6.92 Å². The van der Waals surface area contributed by atoms with E-state index in [2.05, 4.69) is 5.32 Å². The van der Waals surface area contributed by atoms with Gasteiger partial charge in [0, 0.05) is 19.1 Å². The Labute approximate surface area is 137 Å². The summed E-state index contributed by atoms with van der Waals surface area (Å²) in [4.78, 5) is 11.9. The van der Waals surface area contributed by atoms with Crippen molar-refractivity contribution in [3.63, 3.8) is 0 Å². The minimum absolute atomic E-state index is 0.00955. The lowest BCUT2D eigenvalue weighted by molar-refractivity contribution is 0.0526. The summed E-state index contributed by atoms with van der Waals surface area (Å²) in [5, 5.41) is 3.21. The molecule has 0 bridgehead atoms. The average molecular weight is 340 g/mol. The number of sulfonamides is 1. The third-order valence-electron chi connectivity index (χ3n) is 3.86. The second-order valence-electron chi connectivity index (χ2n) is 5.51. The van der Waals surface area contributed by atoms with Crippen LogP contribution in [0.4, 0.5) is 0 Å². The number of nitrogens with zero attached hydrogens (tertiary/aromatic N) is 1. The van der Waals surface area contributed by atoms with E-state index < -0.39 is 16.0 Å². The minimum atomic E-state index is -3.56. The molecule has 0 aromatic heterocycles. The Morgan fingerprint density at radius 3 is 2.52 bits per heavy atom. The molecule has 2 rings (SSSR count). The molecule has 1 heterocycles. The molecule has 1 aromatic carbocycles. The second kappa shape index (κ2) is 7.90. The molecule has 1 aliphatic rings. The summed E-state index contributed by atoms with van der Waals surface area (Å²) in [7, 11) is -3.56. The van der Waals surface area contributed by atoms with Crippen LogP contribution in [-0.2, 0) is 14.8 Å². The van der Waals surface area contributed by atoms with Crippen molar-refractivity contribution in [1.29, 1.82) is 0 Å². The van der Waals surface area contributed by atoms with Crippen molar-refractivity contribution in [2.24, 2.45) is 0 Å². The van der Waals surface area contributed by atoms with E-state index in [4.69, 9.17) is 4.74 Å². The predicted octanol–water partition coefficient (Wildman–Crippen LogP) is 1.63. The summed E-state index contributed by atoms with van der Waals surface area (Å²) in [5.41, 5.74) is 0.357. The first-order valence-electron chi connectivity index (χ1n) is 8.00. The van der Waals surface area contributed by atoms with E-state index in [-0.39, 0.29) is 17.5 Å². The van der Waals surface area contributed by atoms with Crippen molar-refractivity contribution >= 4 is 16.0 Å². The van der Waals surface area contributed by atoms with Crippen LogP contribution in [0.1, 0.15) is 37.0 Å². The molecule has 1 N–H and O–H groups in total. The van der Waals surface area contributed by atoms with E-state index >= 15 is 0 Å². The Morgan fingerprint density at radius 1 is 1.30 bits per heavy atom. The maximum atomic E-state index is 12.9. The molecule has 0 radical (unpaired) electrons. The third-order valence-corrected chi connectivity index (χ3v) is 5.82. The largest absolute Gasteiger partial charge is 0.462 e. The van der Waals surface area contributed by atoms with Gasteiger partial charge in [-0.15, -0.1) is 0 Å². The maximum absolute atomic E-state index is 12.9. The van der Waals surface area contributed by atoms with Gasteiger partial charge in [-0.2, -0.15) is 4.31 Å². The highest BCUT2D eigenvalue weighted by molar-refractivity contribution is 7.89. The van der Waals surface area contributed by atoms with Gasteiger partial charge in [-0.1, -0.05) is 6.92 Å². The number of hydrogen-bond acceptors (Lipinski definition) is 5. The SMILES string of the molecule is CCCN(C1CCNC1)S(=O)(=O)c1ccc(C(=O)OCC)cc1. The summed E-state index contributed by atoms with van der Waals surface area (Å²) >= 11 is 0. The van der Waals surface area contributed by atoms with E-state index in [1.54, 1.807) is 11.2 Å². The van der Waals surface area contributed by atoms with E-state index in [9.17, 15) is 13.2 Å². The van der Waals surface area contributed by atoms with Crippen molar-refractivity contribution in [1.82, 2.24) is 9.62 Å². The van der Waals surface area contributed by atoms with Crippen molar-refractivity contribution < 1.29 is 17.9 Å². The van der Waals surface area contributed by atoms with Crippen LogP contribution in [0, 0.1) is 0 Å². The van der Waals surface area contributed by atoms with Crippen molar-refractivity contribution in [3.8, 4) is 0 Å². The Hall–Kier alpha value is -1.44. The first-order valence-corrected chi connectivity index (χ1v) is 9.44. The number of rotatable bonds is 7. The summed E-state index contributed by atoms with van der Waals surface area (Å²) in [5.74, 6) is -0.443. The average Bonchev–Trinajstić information content (AvgIpc) is 3.06. The lowest BCUT2D eigenvalue weighted by Gasteiger charge is -2.27. The van der Waals surface area contributed by atoms with Crippen LogP contribution in [0.25, 0.3) is 0 Å². The fraction of sp³-hybridized carbons (Fsp3) is 0.562. The molecule has 1 unspecified atom stereocenters. The molecule has 1 aromatic rings. The lowest BCUT2D eigenvalue weighted by atomic mass is 10.2. The zero-order chi connectivity index (χ0) is 16.9. The monoisotopic (exact) mass is 340 g/mol. The molecular formula is C16H24N2O4S. The minimum Gasteiger partial charge on any atom is -0.462 e. The Bertz CT molecular complexity index is 622. The molecular weight excluding hydrogens is 316 g/mol. The number of esters is 1. The zero-order valence-electron chi connectivity index (χ0n) is 13.6. The molecule has 1 fully saturated rings. The summed E-state index contributed by atoms with van der Waals surface area (Å²) in [6, 6.07) is 5.95. The molecule has 128 valence electrons. The summed E-state index contributed by atoms with van der Waals surface area (Å²) in [6.45, 7) is 6.00. The van der Waals surface area contributed by atoms with Gasteiger partial charge >= 0.3 is 5.97 Å². The first-order chi connectivity index (χ1) is 11.0. The molecule has 0 aliphatic carbocycles. The Morgan fingerprint density at radius 2 is 2.00 bits per heavy atom. The number of ether oxygens (including phenoxy) is 1. The maximum Gasteiger partial charge on any atom is 0.338 e. The van der Waals surface area contributed by atoms with Crippen molar-refractivity contribution in [3.05, 3.63) is 29.8 Å². The Balaban J connectivity index is 2.24. The van der Waals surface area contributed by atoms with Gasteiger partial charge < -0.3 is 10.1 Å². The molecule has 1 saturated heterocycles. The van der Waals surface area contributed by atoms with Crippen LogP contribution in [0.5, 0.6) is 0 Å². The highest BCUT2D eigenvalue weighted by Crippen LogP contribution is 2.22. The van der Waals surface area contributed by atoms with Crippen LogP contribution >= 0.6 is 0 Å². The highest BCUT2D eigenvalue weighted by atomic mass is 32.2. The van der Waals surface area contributed by atoms with E-state index in [0.717, 1.165) is 19.4 Å². The summed E-state index contributed by atoms with van der Waals surface area (Å²) < 4.78 is 32.3. The number of nitrogens with one attached hydrogen (secondary N) is 1. The lowest BCUT2D eigenvalue weighted by Crippen LogP contribution is -2.42. The van der Waals surface area contributed by atoms with Gasteiger partial charge in [-0.3, -0.25) is 0 Å². The molecule has 0 saturated carbocycles. The first kappa shape index (κ1) is 17.9. The van der Waals surface area contributed by atoms with E-state index in [0.29, 0.717) is 18.7 Å². The second-order valence-corrected chi connectivity index (χ2v) is 7.40. The molecule has 23 heavy (non-hydrogen) atoms. The molecule has 1 atom stereocenters. The van der Waals surface area contributed by atoms with Gasteiger partial charge in [0.25, 0.3) is 0 Å². The van der Waals surface area contributed by atoms with Crippen molar-refractivity contribution in [2.75, 3.05) is 26.2 Å². The Kier molecular flexibility index (Phi) is 6.15. The molecule has 6 nitrogen and oxygen atoms in total. The van der Waals surface area contributed by atoms with Crippen molar-refractivity contribution in [2.45, 2.75) is 37.6 Å². The van der Waals surface area contributed by atoms with Gasteiger partial charge in [-0.05, 0) is 50.6 Å². The van der Waals surface area contributed by atoms with Gasteiger partial charge in [0.15, 0.2) is 0 Å². The number of carbonyl (C=O) groups is 1. The molecule has 0 amide bonds. The van der Waals surface area contributed by atoms with Crippen LogP contribution in [0.2, 0.25) is 0 Å². The topological polar surface area (TPSA) is 75.7 Å². The molecule has 0 spiro atoms. The number of hydrogen-bond donors (Lipinski definition) is 1. The zero-order valence-corrected chi connectivity index (χ0v) is 14.4. The highest BCUT2D eigenvalue weighted by Gasteiger charge is 2.32. The number of benzene rings is 1. The summed E-state index contributed by atoms with van der Waals surface area (Å²) in [6.07, 6.45) is 1.58. The van der Waals surface area contributed by atoms with Gasteiger partial charge in [0.1, 0.15) is 0 Å². The predicted molar refractivity (Wildman–Crippen MR) is 87.9 cm³/mol. The van der Waals surface area contributed by atoms with Gasteiger partial charge in [0.05, 0.1) is 17.1 Å². The van der Waals surface area contributed by atoms with Crippen LogP contribution in [0.3, 0.4) is 0 Å². The van der Waals surface area contributed by atoms with Gasteiger partial charge in [-0.25, -0.2) is 13.2 Å². The third kappa shape index (κ3) is 4.10. The standard InChI is InChI=1S/C16H24N2O4S/c1-3-11-18(14-9-10-17-12-14)23(20,21)15-7-5-13(6-8-15)16(19)22-4-2/h5-8,14,17H,3-4,9-12H2,1-2H3. The smallest absolute Gasteiger partial charge is 0.338 e. The van der Waals surface area contributed by atoms with Crippen LogP contribution in [-0.4, -0.2) is 51.0 Å². The quantitative estimate of drug-likeness (QED) is 0.764. The number of carbonyl (C=O) groups excluding carboxylic acids is 1. The molecule has 1 aliphatic heterocycles. The van der Waals surface area contributed by atoms with Crippen LogP contribution in [0.15, 0.2) is 29.2 Å². The fourth-order valence-electron chi connectivity index (χ4n) is 2.72. The van der Waals surface area contributed by atoms with Crippen LogP contribution < -0.4 is 5.32 Å². The molecule has 7 heteroatoms.